The van der Waals surface area contributed by atoms with Gasteiger partial charge in [-0.2, -0.15) is 5.01 Å². The summed E-state index contributed by atoms with van der Waals surface area (Å²) in [6, 6.07) is 16.7. The number of nitrogens with zero attached hydrogens (tertiary/aromatic N) is 2. The summed E-state index contributed by atoms with van der Waals surface area (Å²) in [6.45, 7) is 0. The first-order valence-corrected chi connectivity index (χ1v) is 16.7. The maximum atomic E-state index is 15.3. The monoisotopic (exact) mass is 699 g/mol. The van der Waals surface area contributed by atoms with Gasteiger partial charge in [0.15, 0.2) is 0 Å². The average Bonchev–Trinajstić information content (AvgIpc) is 3.45. The van der Waals surface area contributed by atoms with E-state index in [-0.39, 0.29) is 29.0 Å². The smallest absolute Gasteiger partial charge is 0.260 e. The number of carbonyl (C=O) groups excluding carboxylic acids is 4. The molecule has 0 radical (unpaired) electrons. The zero-order valence-corrected chi connectivity index (χ0v) is 28.0. The number of nitrogens with one attached hydrogen (secondary N) is 1. The SMILES string of the molecule is COc1ccc([C@@]23C(=O)N(Nc4ccc(Cl)cc4Cl)C(=O)[C@@H]2C[C@@H]2C(=CC[C@@H]4C(=O)N(C)C(=O)[C@@H]42)[C@@H]3C2=COc3ccc(O)cc3C2)cc1. The Bertz CT molecular complexity index is 2030. The Hall–Kier alpha value is -4.80. The quantitative estimate of drug-likeness (QED) is 0.258. The van der Waals surface area contributed by atoms with Crippen LogP contribution in [0.4, 0.5) is 5.69 Å². The van der Waals surface area contributed by atoms with Gasteiger partial charge < -0.3 is 14.6 Å². The normalized spacial score (nSPS) is 28.6. The molecule has 3 aromatic carbocycles. The molecule has 10 nitrogen and oxygen atoms in total. The fraction of sp³-hybridized carbons (Fsp3) is 0.297. The number of ether oxygens (including phenoxy) is 2. The molecule has 250 valence electrons. The van der Waals surface area contributed by atoms with Crippen LogP contribution in [0.5, 0.6) is 17.2 Å². The summed E-state index contributed by atoms with van der Waals surface area (Å²) in [5.74, 6) is -3.74. The van der Waals surface area contributed by atoms with Crippen molar-refractivity contribution in [3.8, 4) is 17.2 Å². The van der Waals surface area contributed by atoms with Crippen molar-refractivity contribution in [2.24, 2.45) is 29.6 Å². The van der Waals surface area contributed by atoms with Gasteiger partial charge in [-0.15, -0.1) is 0 Å². The molecular weight excluding hydrogens is 669 g/mol. The van der Waals surface area contributed by atoms with Gasteiger partial charge in [-0.1, -0.05) is 47.0 Å². The van der Waals surface area contributed by atoms with Gasteiger partial charge in [-0.3, -0.25) is 29.5 Å². The number of halogens is 2. The Morgan fingerprint density at radius 2 is 1.73 bits per heavy atom. The Labute approximate surface area is 291 Å². The van der Waals surface area contributed by atoms with E-state index < -0.39 is 46.8 Å². The Morgan fingerprint density at radius 3 is 2.47 bits per heavy atom. The minimum atomic E-state index is -1.49. The van der Waals surface area contributed by atoms with Gasteiger partial charge in [0.25, 0.3) is 11.8 Å². The van der Waals surface area contributed by atoms with Crippen molar-refractivity contribution in [2.45, 2.75) is 24.7 Å². The molecule has 3 fully saturated rings. The number of rotatable bonds is 5. The molecule has 2 aliphatic carbocycles. The number of methoxy groups -OCH3 is 1. The number of imide groups is 2. The molecule has 6 atom stereocenters. The van der Waals surface area contributed by atoms with Crippen LogP contribution in [0.1, 0.15) is 24.0 Å². The highest BCUT2D eigenvalue weighted by Crippen LogP contribution is 2.63. The topological polar surface area (TPSA) is 125 Å². The number of benzene rings is 3. The van der Waals surface area contributed by atoms with E-state index in [0.717, 1.165) is 10.6 Å². The first-order valence-electron chi connectivity index (χ1n) is 16.0. The van der Waals surface area contributed by atoms with Crippen LogP contribution in [0, 0.1) is 29.6 Å². The van der Waals surface area contributed by atoms with Crippen molar-refractivity contribution in [3.05, 3.63) is 105 Å². The summed E-state index contributed by atoms with van der Waals surface area (Å²) in [7, 11) is 3.05. The molecule has 1 saturated carbocycles. The molecule has 2 saturated heterocycles. The number of hydrogen-bond donors (Lipinski definition) is 2. The summed E-state index contributed by atoms with van der Waals surface area (Å²) in [6.07, 6.45) is 4.40. The molecule has 12 heteroatoms. The number of amides is 4. The van der Waals surface area contributed by atoms with Gasteiger partial charge in [0, 0.05) is 30.0 Å². The lowest BCUT2D eigenvalue weighted by Gasteiger charge is -2.51. The van der Waals surface area contributed by atoms with E-state index in [4.69, 9.17) is 32.7 Å². The molecule has 0 bridgehead atoms. The predicted octanol–water partition coefficient (Wildman–Crippen LogP) is 5.67. The van der Waals surface area contributed by atoms with Gasteiger partial charge in [-0.05, 0) is 78.4 Å². The lowest BCUT2D eigenvalue weighted by Crippen LogP contribution is -2.55. The predicted molar refractivity (Wildman–Crippen MR) is 180 cm³/mol. The highest BCUT2D eigenvalue weighted by atomic mass is 35.5. The summed E-state index contributed by atoms with van der Waals surface area (Å²) in [5, 5.41) is 12.0. The van der Waals surface area contributed by atoms with Crippen molar-refractivity contribution in [1.82, 2.24) is 9.91 Å². The second-order valence-corrected chi connectivity index (χ2v) is 14.1. The summed E-state index contributed by atoms with van der Waals surface area (Å²) in [4.78, 5) is 58.2. The molecule has 0 aromatic heterocycles. The largest absolute Gasteiger partial charge is 0.508 e. The molecule has 8 rings (SSSR count). The Morgan fingerprint density at radius 1 is 0.959 bits per heavy atom. The molecule has 49 heavy (non-hydrogen) atoms. The first kappa shape index (κ1) is 31.5. The summed E-state index contributed by atoms with van der Waals surface area (Å²) in [5.41, 5.74) is 4.62. The number of allylic oxidation sites excluding steroid dienone is 3. The minimum Gasteiger partial charge on any atom is -0.508 e. The lowest BCUT2D eigenvalue weighted by molar-refractivity contribution is -0.140. The fourth-order valence-electron chi connectivity index (χ4n) is 8.82. The van der Waals surface area contributed by atoms with Crippen molar-refractivity contribution in [2.75, 3.05) is 19.6 Å². The average molecular weight is 701 g/mol. The Kier molecular flexibility index (Phi) is 7.31. The number of hydrazine groups is 1. The molecule has 5 aliphatic rings. The second kappa shape index (κ2) is 11.4. The minimum absolute atomic E-state index is 0.0630. The number of carbonyl (C=O) groups is 4. The molecule has 0 unspecified atom stereocenters. The van der Waals surface area contributed by atoms with E-state index in [9.17, 15) is 19.5 Å². The number of aromatic hydroxyl groups is 1. The fourth-order valence-corrected chi connectivity index (χ4v) is 9.27. The highest BCUT2D eigenvalue weighted by Gasteiger charge is 2.70. The third kappa shape index (κ3) is 4.53. The van der Waals surface area contributed by atoms with Crippen molar-refractivity contribution in [3.63, 3.8) is 0 Å². The van der Waals surface area contributed by atoms with E-state index in [1.165, 1.54) is 24.1 Å². The van der Waals surface area contributed by atoms with Crippen LogP contribution < -0.4 is 14.9 Å². The molecule has 0 spiro atoms. The highest BCUT2D eigenvalue weighted by molar-refractivity contribution is 6.36. The van der Waals surface area contributed by atoms with Gasteiger partial charge in [0.2, 0.25) is 11.8 Å². The van der Waals surface area contributed by atoms with Crippen LogP contribution in [0.3, 0.4) is 0 Å². The number of hydrogen-bond acceptors (Lipinski definition) is 8. The summed E-state index contributed by atoms with van der Waals surface area (Å²) < 4.78 is 11.6. The molecule has 2 N–H and O–H groups in total. The number of fused-ring (bicyclic) bond motifs is 5. The zero-order valence-electron chi connectivity index (χ0n) is 26.5. The van der Waals surface area contributed by atoms with Crippen LogP contribution in [0.2, 0.25) is 10.0 Å². The van der Waals surface area contributed by atoms with Gasteiger partial charge in [0.05, 0.1) is 47.3 Å². The van der Waals surface area contributed by atoms with Crippen molar-refractivity contribution in [1.29, 1.82) is 0 Å². The van der Waals surface area contributed by atoms with E-state index in [1.54, 1.807) is 61.9 Å². The molecule has 3 heterocycles. The van der Waals surface area contributed by atoms with Crippen LogP contribution in [-0.2, 0) is 31.0 Å². The van der Waals surface area contributed by atoms with E-state index in [2.05, 4.69) is 5.43 Å². The van der Waals surface area contributed by atoms with Gasteiger partial charge in [-0.25, -0.2) is 0 Å². The van der Waals surface area contributed by atoms with Crippen LogP contribution >= 0.6 is 23.2 Å². The van der Waals surface area contributed by atoms with Crippen LogP contribution in [-0.4, -0.2) is 52.8 Å². The maximum Gasteiger partial charge on any atom is 0.260 e. The van der Waals surface area contributed by atoms with Crippen molar-refractivity contribution >= 4 is 52.5 Å². The summed E-state index contributed by atoms with van der Waals surface area (Å²) >= 11 is 12.7. The molecular formula is C37H31Cl2N3O7. The Balaban J connectivity index is 1.35. The van der Waals surface area contributed by atoms with Crippen molar-refractivity contribution < 1.29 is 33.8 Å². The number of phenolic OH excluding ortho intramolecular Hbond substituents is 1. The van der Waals surface area contributed by atoms with E-state index >= 15 is 4.79 Å². The molecule has 3 aliphatic heterocycles. The lowest BCUT2D eigenvalue weighted by atomic mass is 9.48. The molecule has 4 amide bonds. The third-order valence-corrected chi connectivity index (χ3v) is 11.5. The third-order valence-electron chi connectivity index (χ3n) is 10.9. The van der Waals surface area contributed by atoms with Gasteiger partial charge >= 0.3 is 0 Å². The van der Waals surface area contributed by atoms with E-state index in [1.807, 2.05) is 6.08 Å². The second-order valence-electron chi connectivity index (χ2n) is 13.2. The van der Waals surface area contributed by atoms with Gasteiger partial charge in [0.1, 0.15) is 17.2 Å². The van der Waals surface area contributed by atoms with E-state index in [0.29, 0.717) is 51.8 Å². The number of likely N-dealkylation sites (tertiary alicyclic amines) is 1. The molecule has 3 aromatic rings. The number of phenols is 1. The maximum absolute atomic E-state index is 15.3. The zero-order chi connectivity index (χ0) is 34.4. The van der Waals surface area contributed by atoms with Crippen LogP contribution in [0.25, 0.3) is 0 Å². The number of anilines is 1. The first-order chi connectivity index (χ1) is 23.5. The standard InChI is InChI=1S/C37H31Cl2N3O7/c1-41-33(44)25-10-9-24-26(31(25)35(41)46)16-27-34(45)42(40-29-11-5-21(38)15-28(29)39)36(47)37(27,20-3-7-23(48-2)8-4-20)32(24)19-13-18-14-22(43)6-12-30(18)49-17-19/h3-9,11-12,14-15,17,25-27,31-32,40,43H,10,13,16H2,1-2H3/t25-,26+,27-,31-,32-,37+/m0/s1. The van der Waals surface area contributed by atoms with Crippen LogP contribution in [0.15, 0.2) is 84.1 Å².